The van der Waals surface area contributed by atoms with Crippen molar-refractivity contribution in [3.63, 3.8) is 0 Å². The van der Waals surface area contributed by atoms with Crippen molar-refractivity contribution >= 4 is 32.7 Å². The fourth-order valence-electron chi connectivity index (χ4n) is 4.43. The smallest absolute Gasteiger partial charge is 0.308 e. The molecule has 0 aromatic heterocycles. The first kappa shape index (κ1) is 26.1. The second-order valence-electron chi connectivity index (χ2n) is 8.90. The first-order valence-corrected chi connectivity index (χ1v) is 12.9. The maximum absolute atomic E-state index is 14.1. The summed E-state index contributed by atoms with van der Waals surface area (Å²) in [5.41, 5.74) is 0.488. The molecule has 37 heavy (non-hydrogen) atoms. The Labute approximate surface area is 212 Å². The molecule has 3 N–H and O–H groups in total. The molecule has 192 valence electrons. The van der Waals surface area contributed by atoms with Crippen molar-refractivity contribution in [2.75, 3.05) is 0 Å². The summed E-state index contributed by atoms with van der Waals surface area (Å²) in [5, 5.41) is 28.8. The summed E-state index contributed by atoms with van der Waals surface area (Å²) in [7, 11) is -4.08. The Morgan fingerprint density at radius 3 is 2.43 bits per heavy atom. The van der Waals surface area contributed by atoms with Crippen LogP contribution in [0.4, 0.5) is 4.39 Å². The second-order valence-corrected chi connectivity index (χ2v) is 10.6. The molecule has 3 unspecified atom stereocenters. The van der Waals surface area contributed by atoms with E-state index in [0.717, 1.165) is 6.07 Å². The van der Waals surface area contributed by atoms with Gasteiger partial charge in [0.2, 0.25) is 10.0 Å². The Morgan fingerprint density at radius 1 is 1.03 bits per heavy atom. The number of carboxylic acids is 2. The van der Waals surface area contributed by atoms with E-state index in [-0.39, 0.29) is 41.9 Å². The largest absolute Gasteiger partial charge is 0.489 e. The van der Waals surface area contributed by atoms with E-state index >= 15 is 0 Å². The molecule has 1 aliphatic carbocycles. The van der Waals surface area contributed by atoms with Crippen LogP contribution >= 0.6 is 0 Å². The van der Waals surface area contributed by atoms with Gasteiger partial charge in [-0.25, -0.2) is 17.5 Å². The average molecular weight is 527 g/mol. The molecule has 11 heteroatoms. The van der Waals surface area contributed by atoms with Crippen LogP contribution in [-0.4, -0.2) is 36.6 Å². The Hall–Kier alpha value is -4.01. The van der Waals surface area contributed by atoms with Crippen LogP contribution in [0, 0.1) is 29.0 Å². The lowest BCUT2D eigenvalue weighted by atomic mass is 9.78. The van der Waals surface area contributed by atoms with Gasteiger partial charge in [-0.3, -0.25) is 9.59 Å². The number of aliphatic carboxylic acids is 2. The normalized spacial score (nSPS) is 19.7. The standard InChI is InChI=1S/C26H23FN2O7S/c27-23-9-15(13-28)1-2-19(23)14-36-20-6-3-17-11-21(7-4-16(17)10-20)37(34,35)29-24-8-5-18(25(30)31)12-22(24)26(32)33/h1-4,6-7,9-11,18,22,24,29H,5,8,12,14H2,(H,30,31)(H,32,33). The molecule has 3 atom stereocenters. The van der Waals surface area contributed by atoms with Crippen molar-refractivity contribution in [3.8, 4) is 11.8 Å². The van der Waals surface area contributed by atoms with Gasteiger partial charge in [-0.05, 0) is 66.4 Å². The topological polar surface area (TPSA) is 154 Å². The monoisotopic (exact) mass is 526 g/mol. The van der Waals surface area contributed by atoms with Crippen LogP contribution in [0.1, 0.15) is 30.4 Å². The summed E-state index contributed by atoms with van der Waals surface area (Å²) >= 11 is 0. The predicted molar refractivity (Wildman–Crippen MR) is 130 cm³/mol. The quantitative estimate of drug-likeness (QED) is 0.402. The third-order valence-corrected chi connectivity index (χ3v) is 7.98. The number of rotatable bonds is 8. The number of hydrogen-bond donors (Lipinski definition) is 3. The lowest BCUT2D eigenvalue weighted by Crippen LogP contribution is -2.47. The van der Waals surface area contributed by atoms with Crippen LogP contribution in [0.5, 0.6) is 5.75 Å². The number of benzene rings is 3. The molecule has 1 fully saturated rings. The minimum Gasteiger partial charge on any atom is -0.489 e. The summed E-state index contributed by atoms with van der Waals surface area (Å²) in [6, 6.07) is 14.4. The molecule has 3 aromatic rings. The molecule has 0 amide bonds. The summed E-state index contributed by atoms with van der Waals surface area (Å²) in [4.78, 5) is 22.9. The third kappa shape index (κ3) is 5.87. The van der Waals surface area contributed by atoms with Gasteiger partial charge in [-0.1, -0.05) is 18.2 Å². The van der Waals surface area contributed by atoms with Crippen molar-refractivity contribution in [3.05, 3.63) is 71.5 Å². The molecule has 0 saturated heterocycles. The van der Waals surface area contributed by atoms with Crippen LogP contribution in [0.15, 0.2) is 59.5 Å². The van der Waals surface area contributed by atoms with Crippen LogP contribution in [0.25, 0.3) is 10.8 Å². The predicted octanol–water partition coefficient (Wildman–Crippen LogP) is 3.66. The van der Waals surface area contributed by atoms with Gasteiger partial charge in [0.1, 0.15) is 18.2 Å². The number of nitriles is 1. The Kier molecular flexibility index (Phi) is 7.42. The molecule has 0 radical (unpaired) electrons. The fourth-order valence-corrected chi connectivity index (χ4v) is 5.78. The number of nitrogens with one attached hydrogen (secondary N) is 1. The number of carbonyl (C=O) groups is 2. The van der Waals surface area contributed by atoms with E-state index in [4.69, 9.17) is 10.00 Å². The van der Waals surface area contributed by atoms with Crippen molar-refractivity contribution in [2.24, 2.45) is 11.8 Å². The van der Waals surface area contributed by atoms with Gasteiger partial charge in [0.15, 0.2) is 0 Å². The summed E-state index contributed by atoms with van der Waals surface area (Å²) in [5.74, 6) is -4.43. The van der Waals surface area contributed by atoms with Gasteiger partial charge >= 0.3 is 11.9 Å². The molecule has 9 nitrogen and oxygen atoms in total. The number of nitrogens with zero attached hydrogens (tertiary/aromatic N) is 1. The maximum atomic E-state index is 14.1. The maximum Gasteiger partial charge on any atom is 0.308 e. The van der Waals surface area contributed by atoms with Crippen molar-refractivity contribution < 1.29 is 37.3 Å². The van der Waals surface area contributed by atoms with E-state index in [0.29, 0.717) is 16.5 Å². The van der Waals surface area contributed by atoms with Gasteiger partial charge in [-0.2, -0.15) is 5.26 Å². The molecule has 0 bridgehead atoms. The summed E-state index contributed by atoms with van der Waals surface area (Å²) in [6.07, 6.45) is 0.130. The molecule has 4 rings (SSSR count). The minimum absolute atomic E-state index is 0.0576. The Bertz CT molecular complexity index is 1520. The van der Waals surface area contributed by atoms with Crippen molar-refractivity contribution in [2.45, 2.75) is 36.8 Å². The molecule has 0 spiro atoms. The molecular formula is C26H23FN2O7S. The molecule has 0 aliphatic heterocycles. The van der Waals surface area contributed by atoms with Gasteiger partial charge < -0.3 is 14.9 Å². The molecule has 0 heterocycles. The number of ether oxygens (including phenoxy) is 1. The van der Waals surface area contributed by atoms with E-state index < -0.39 is 45.7 Å². The van der Waals surface area contributed by atoms with Crippen LogP contribution in [-0.2, 0) is 26.2 Å². The Morgan fingerprint density at radius 2 is 1.76 bits per heavy atom. The van der Waals surface area contributed by atoms with Gasteiger partial charge in [-0.15, -0.1) is 0 Å². The number of carboxylic acid groups (broad SMARTS) is 2. The van der Waals surface area contributed by atoms with E-state index in [9.17, 15) is 32.6 Å². The fraction of sp³-hybridized carbons (Fsp3) is 0.269. The second kappa shape index (κ2) is 10.5. The third-order valence-electron chi connectivity index (χ3n) is 6.49. The number of sulfonamides is 1. The van der Waals surface area contributed by atoms with Crippen LogP contribution in [0.3, 0.4) is 0 Å². The van der Waals surface area contributed by atoms with Gasteiger partial charge in [0, 0.05) is 11.6 Å². The number of halogens is 1. The summed E-state index contributed by atoms with van der Waals surface area (Å²) < 4.78 is 48.3. The van der Waals surface area contributed by atoms with E-state index in [1.807, 2.05) is 6.07 Å². The van der Waals surface area contributed by atoms with Crippen LogP contribution < -0.4 is 9.46 Å². The number of fused-ring (bicyclic) bond motifs is 1. The zero-order chi connectivity index (χ0) is 26.7. The first-order chi connectivity index (χ1) is 17.6. The average Bonchev–Trinajstić information content (AvgIpc) is 2.87. The zero-order valence-corrected chi connectivity index (χ0v) is 20.2. The van der Waals surface area contributed by atoms with Gasteiger partial charge in [0.05, 0.1) is 28.4 Å². The van der Waals surface area contributed by atoms with E-state index in [1.54, 1.807) is 24.3 Å². The minimum atomic E-state index is -4.08. The number of hydrogen-bond acceptors (Lipinski definition) is 6. The van der Waals surface area contributed by atoms with E-state index in [2.05, 4.69) is 4.72 Å². The molecular weight excluding hydrogens is 503 g/mol. The van der Waals surface area contributed by atoms with Crippen molar-refractivity contribution in [1.29, 1.82) is 5.26 Å². The lowest BCUT2D eigenvalue weighted by Gasteiger charge is -2.32. The first-order valence-electron chi connectivity index (χ1n) is 11.4. The summed E-state index contributed by atoms with van der Waals surface area (Å²) in [6.45, 7) is -0.0612. The molecule has 1 saturated carbocycles. The van der Waals surface area contributed by atoms with Crippen molar-refractivity contribution in [1.82, 2.24) is 4.72 Å². The van der Waals surface area contributed by atoms with E-state index in [1.165, 1.54) is 24.3 Å². The van der Waals surface area contributed by atoms with Gasteiger partial charge in [0.25, 0.3) is 0 Å². The SMILES string of the molecule is N#Cc1ccc(COc2ccc3cc(S(=O)(=O)NC4CCC(C(=O)O)CC4C(=O)O)ccc3c2)c(F)c1. The highest BCUT2D eigenvalue weighted by molar-refractivity contribution is 7.89. The Balaban J connectivity index is 1.48. The zero-order valence-electron chi connectivity index (χ0n) is 19.4. The molecule has 3 aromatic carbocycles. The highest BCUT2D eigenvalue weighted by atomic mass is 32.2. The van der Waals surface area contributed by atoms with Crippen LogP contribution in [0.2, 0.25) is 0 Å². The highest BCUT2D eigenvalue weighted by Gasteiger charge is 2.40. The molecule has 1 aliphatic rings. The highest BCUT2D eigenvalue weighted by Crippen LogP contribution is 2.32. The lowest BCUT2D eigenvalue weighted by molar-refractivity contribution is -0.148.